The Labute approximate surface area is 166 Å². The first kappa shape index (κ1) is 20.5. The van der Waals surface area contributed by atoms with E-state index in [-0.39, 0.29) is 18.3 Å². The lowest BCUT2D eigenvalue weighted by Crippen LogP contribution is -2.35. The number of nitrogens with zero attached hydrogens (tertiary/aromatic N) is 2. The van der Waals surface area contributed by atoms with E-state index in [1.165, 1.54) is 11.6 Å². The molecule has 28 heavy (non-hydrogen) atoms. The highest BCUT2D eigenvalue weighted by molar-refractivity contribution is 5.77. The van der Waals surface area contributed by atoms with Crippen molar-refractivity contribution in [3.63, 3.8) is 0 Å². The van der Waals surface area contributed by atoms with Gasteiger partial charge in [0.1, 0.15) is 5.82 Å². The summed E-state index contributed by atoms with van der Waals surface area (Å²) in [7, 11) is 1.81. The number of carbonyl (C=O) groups is 1. The topological polar surface area (TPSA) is 44.8 Å². The quantitative estimate of drug-likeness (QED) is 0.758. The second kappa shape index (κ2) is 10.3. The maximum atomic E-state index is 13.7. The second-order valence-corrected chi connectivity index (χ2v) is 7.25. The Morgan fingerprint density at radius 1 is 1.11 bits per heavy atom. The van der Waals surface area contributed by atoms with Crippen LogP contribution in [0.15, 0.2) is 48.5 Å². The molecule has 1 heterocycles. The average molecular weight is 385 g/mol. The van der Waals surface area contributed by atoms with Gasteiger partial charge in [-0.3, -0.25) is 14.6 Å². The van der Waals surface area contributed by atoms with Gasteiger partial charge in [0.15, 0.2) is 0 Å². The third-order valence-corrected chi connectivity index (χ3v) is 4.83. The van der Waals surface area contributed by atoms with Gasteiger partial charge in [-0.25, -0.2) is 4.39 Å². The Kier molecular flexibility index (Phi) is 7.54. The van der Waals surface area contributed by atoms with Crippen LogP contribution in [0, 0.1) is 5.82 Å². The molecule has 1 aliphatic rings. The van der Waals surface area contributed by atoms with Crippen LogP contribution in [-0.4, -0.2) is 55.6 Å². The molecule has 0 aliphatic carbocycles. The molecule has 0 atom stereocenters. The van der Waals surface area contributed by atoms with Crippen molar-refractivity contribution in [2.45, 2.75) is 19.6 Å². The van der Waals surface area contributed by atoms with Crippen molar-refractivity contribution in [1.29, 1.82) is 0 Å². The first-order valence-electron chi connectivity index (χ1n) is 9.67. The lowest BCUT2D eigenvalue weighted by atomic mass is 10.1. The van der Waals surface area contributed by atoms with E-state index in [0.29, 0.717) is 18.7 Å². The molecular formula is C22H28FN3O2. The minimum absolute atomic E-state index is 0.0729. The minimum Gasteiger partial charge on any atom is -0.379 e. The van der Waals surface area contributed by atoms with Gasteiger partial charge in [0.25, 0.3) is 0 Å². The average Bonchev–Trinajstić information content (AvgIpc) is 2.70. The molecule has 0 saturated carbocycles. The highest BCUT2D eigenvalue weighted by Crippen LogP contribution is 2.10. The Morgan fingerprint density at radius 2 is 1.79 bits per heavy atom. The number of hydrogen-bond acceptors (Lipinski definition) is 4. The maximum absolute atomic E-state index is 13.7. The van der Waals surface area contributed by atoms with Gasteiger partial charge >= 0.3 is 0 Å². The Hall–Kier alpha value is -2.28. The summed E-state index contributed by atoms with van der Waals surface area (Å²) >= 11 is 0. The smallest absolute Gasteiger partial charge is 0.234 e. The molecule has 2 aromatic carbocycles. The van der Waals surface area contributed by atoms with Gasteiger partial charge in [0.2, 0.25) is 5.91 Å². The maximum Gasteiger partial charge on any atom is 0.234 e. The van der Waals surface area contributed by atoms with E-state index in [4.69, 9.17) is 4.74 Å². The molecule has 5 nitrogen and oxygen atoms in total. The molecule has 1 saturated heterocycles. The Bertz CT molecular complexity index is 761. The number of morpholine rings is 1. The third-order valence-electron chi connectivity index (χ3n) is 4.83. The zero-order valence-electron chi connectivity index (χ0n) is 16.4. The molecule has 2 aromatic rings. The fourth-order valence-electron chi connectivity index (χ4n) is 3.26. The lowest BCUT2D eigenvalue weighted by molar-refractivity contribution is -0.122. The molecule has 6 heteroatoms. The van der Waals surface area contributed by atoms with Crippen LogP contribution in [0.1, 0.15) is 16.7 Å². The molecule has 1 aliphatic heterocycles. The van der Waals surface area contributed by atoms with Gasteiger partial charge < -0.3 is 10.1 Å². The molecule has 1 fully saturated rings. The molecule has 1 N–H and O–H groups in total. The van der Waals surface area contributed by atoms with Crippen LogP contribution < -0.4 is 5.32 Å². The molecule has 1 amide bonds. The van der Waals surface area contributed by atoms with E-state index in [0.717, 1.165) is 38.4 Å². The normalized spacial score (nSPS) is 15.0. The monoisotopic (exact) mass is 385 g/mol. The van der Waals surface area contributed by atoms with Crippen LogP contribution in [0.5, 0.6) is 0 Å². The van der Waals surface area contributed by atoms with Gasteiger partial charge in [-0.05, 0) is 24.2 Å². The highest BCUT2D eigenvalue weighted by Gasteiger charge is 2.11. The number of benzene rings is 2. The number of carbonyl (C=O) groups excluding carboxylic acids is 1. The summed E-state index contributed by atoms with van der Waals surface area (Å²) in [5.74, 6) is -0.317. The molecule has 0 aromatic heterocycles. The number of rotatable bonds is 8. The van der Waals surface area contributed by atoms with E-state index in [9.17, 15) is 9.18 Å². The van der Waals surface area contributed by atoms with Crippen molar-refractivity contribution in [3.8, 4) is 0 Å². The lowest BCUT2D eigenvalue weighted by Gasteiger charge is -2.26. The summed E-state index contributed by atoms with van der Waals surface area (Å²) in [6.45, 7) is 5.59. The van der Waals surface area contributed by atoms with Crippen molar-refractivity contribution >= 4 is 5.91 Å². The molecule has 0 bridgehead atoms. The second-order valence-electron chi connectivity index (χ2n) is 7.25. The first-order chi connectivity index (χ1) is 13.6. The zero-order chi connectivity index (χ0) is 19.8. The summed E-state index contributed by atoms with van der Waals surface area (Å²) in [4.78, 5) is 16.4. The van der Waals surface area contributed by atoms with Crippen LogP contribution in [0.4, 0.5) is 4.39 Å². The summed E-state index contributed by atoms with van der Waals surface area (Å²) in [5, 5.41) is 2.93. The molecule has 150 valence electrons. The van der Waals surface area contributed by atoms with Crippen LogP contribution >= 0.6 is 0 Å². The van der Waals surface area contributed by atoms with E-state index in [2.05, 4.69) is 34.5 Å². The third kappa shape index (κ3) is 6.41. The SMILES string of the molecule is CN(CC(=O)NCc1ccc(CN2CCOCC2)cc1)Cc1ccccc1F. The molecule has 0 unspecified atom stereocenters. The number of nitrogens with one attached hydrogen (secondary N) is 1. The number of ether oxygens (including phenoxy) is 1. The standard InChI is InChI=1S/C22H28FN3O2/c1-25(16-20-4-2-3-5-21(20)23)17-22(27)24-14-18-6-8-19(9-7-18)15-26-10-12-28-13-11-26/h2-9H,10-17H2,1H3,(H,24,27). The minimum atomic E-state index is -0.244. The zero-order valence-corrected chi connectivity index (χ0v) is 16.4. The van der Waals surface area contributed by atoms with Gasteiger partial charge in [-0.15, -0.1) is 0 Å². The van der Waals surface area contributed by atoms with Crippen molar-refractivity contribution in [1.82, 2.24) is 15.1 Å². The number of likely N-dealkylation sites (N-methyl/N-ethyl adjacent to an activating group) is 1. The van der Waals surface area contributed by atoms with Crippen molar-refractivity contribution in [2.75, 3.05) is 39.9 Å². The van der Waals surface area contributed by atoms with Crippen LogP contribution in [0.3, 0.4) is 0 Å². The van der Waals surface area contributed by atoms with E-state index >= 15 is 0 Å². The van der Waals surface area contributed by atoms with Gasteiger partial charge in [0, 0.05) is 38.3 Å². The van der Waals surface area contributed by atoms with E-state index in [1.54, 1.807) is 23.1 Å². The summed E-state index contributed by atoms with van der Waals surface area (Å²) in [6, 6.07) is 15.0. The largest absolute Gasteiger partial charge is 0.379 e. The Morgan fingerprint density at radius 3 is 2.50 bits per heavy atom. The fourth-order valence-corrected chi connectivity index (χ4v) is 3.26. The number of hydrogen-bond donors (Lipinski definition) is 1. The van der Waals surface area contributed by atoms with Crippen LogP contribution in [0.25, 0.3) is 0 Å². The molecule has 0 spiro atoms. The van der Waals surface area contributed by atoms with Gasteiger partial charge in [-0.1, -0.05) is 42.5 Å². The number of amides is 1. The predicted octanol–water partition coefficient (Wildman–Crippen LogP) is 2.41. The van der Waals surface area contributed by atoms with Gasteiger partial charge in [0.05, 0.1) is 19.8 Å². The highest BCUT2D eigenvalue weighted by atomic mass is 19.1. The molecule has 0 radical (unpaired) electrons. The van der Waals surface area contributed by atoms with Gasteiger partial charge in [-0.2, -0.15) is 0 Å². The van der Waals surface area contributed by atoms with E-state index < -0.39 is 0 Å². The summed E-state index contributed by atoms with van der Waals surface area (Å²) < 4.78 is 19.1. The summed E-state index contributed by atoms with van der Waals surface area (Å²) in [6.07, 6.45) is 0. The van der Waals surface area contributed by atoms with Crippen molar-refractivity contribution in [2.24, 2.45) is 0 Å². The first-order valence-corrected chi connectivity index (χ1v) is 9.67. The number of halogens is 1. The van der Waals surface area contributed by atoms with Crippen molar-refractivity contribution in [3.05, 3.63) is 71.0 Å². The van der Waals surface area contributed by atoms with Crippen LogP contribution in [-0.2, 0) is 29.2 Å². The fraction of sp³-hybridized carbons (Fsp3) is 0.409. The van der Waals surface area contributed by atoms with E-state index in [1.807, 2.05) is 7.05 Å². The molecule has 3 rings (SSSR count). The van der Waals surface area contributed by atoms with Crippen LogP contribution in [0.2, 0.25) is 0 Å². The molecular weight excluding hydrogens is 357 g/mol. The van der Waals surface area contributed by atoms with Crippen molar-refractivity contribution < 1.29 is 13.9 Å². The predicted molar refractivity (Wildman–Crippen MR) is 107 cm³/mol. The Balaban J connectivity index is 1.40. The summed E-state index contributed by atoms with van der Waals surface area (Å²) in [5.41, 5.74) is 2.92.